The first-order valence-corrected chi connectivity index (χ1v) is 12.9. The van der Waals surface area contributed by atoms with Crippen LogP contribution >= 0.6 is 0 Å². The smallest absolute Gasteiger partial charge is 0.410 e. The predicted octanol–water partition coefficient (Wildman–Crippen LogP) is 4.55. The Morgan fingerprint density at radius 1 is 1.15 bits per heavy atom. The molecule has 156 valence electrons. The molecule has 27 heavy (non-hydrogen) atoms. The maximum atomic E-state index is 12.1. The van der Waals surface area contributed by atoms with Gasteiger partial charge >= 0.3 is 6.09 Å². The third-order valence-electron chi connectivity index (χ3n) is 5.28. The topological polar surface area (TPSA) is 59.0 Å². The molecular formula is C21H39NO4Si. The zero-order valence-electron chi connectivity index (χ0n) is 18.6. The first kappa shape index (κ1) is 24.0. The maximum Gasteiger partial charge on any atom is 0.410 e. The highest BCUT2D eigenvalue weighted by Crippen LogP contribution is 2.36. The van der Waals surface area contributed by atoms with Crippen LogP contribution in [0.1, 0.15) is 67.2 Å². The van der Waals surface area contributed by atoms with E-state index in [9.17, 15) is 9.90 Å². The zero-order chi connectivity index (χ0) is 20.9. The van der Waals surface area contributed by atoms with Gasteiger partial charge in [-0.15, -0.1) is 5.92 Å². The summed E-state index contributed by atoms with van der Waals surface area (Å²) in [6.07, 6.45) is 2.19. The van der Waals surface area contributed by atoms with Crippen LogP contribution in [0.5, 0.6) is 0 Å². The third kappa shape index (κ3) is 8.24. The number of nitrogens with zero attached hydrogens (tertiary/aromatic N) is 1. The van der Waals surface area contributed by atoms with Crippen molar-refractivity contribution in [2.75, 3.05) is 19.7 Å². The number of likely N-dealkylation sites (tertiary alicyclic amines) is 1. The molecule has 1 saturated heterocycles. The summed E-state index contributed by atoms with van der Waals surface area (Å²) < 4.78 is 11.5. The molecule has 0 radical (unpaired) electrons. The van der Waals surface area contributed by atoms with Gasteiger partial charge in [-0.25, -0.2) is 4.79 Å². The number of hydrogen-bond donors (Lipinski definition) is 1. The summed E-state index contributed by atoms with van der Waals surface area (Å²) in [5.74, 6) is 6.12. The van der Waals surface area contributed by atoms with E-state index in [0.29, 0.717) is 32.4 Å². The van der Waals surface area contributed by atoms with Gasteiger partial charge in [0.2, 0.25) is 0 Å². The Hall–Kier alpha value is -1.03. The highest BCUT2D eigenvalue weighted by molar-refractivity contribution is 6.74. The van der Waals surface area contributed by atoms with E-state index in [0.717, 1.165) is 13.0 Å². The second-order valence-electron chi connectivity index (χ2n) is 10.0. The van der Waals surface area contributed by atoms with Crippen LogP contribution in [-0.4, -0.2) is 55.3 Å². The van der Waals surface area contributed by atoms with E-state index in [1.165, 1.54) is 0 Å². The van der Waals surface area contributed by atoms with Crippen molar-refractivity contribution in [3.63, 3.8) is 0 Å². The Kier molecular flexibility index (Phi) is 7.98. The second kappa shape index (κ2) is 8.98. The number of carbonyl (C=O) groups is 1. The molecule has 0 aromatic heterocycles. The quantitative estimate of drug-likeness (QED) is 0.429. The number of ether oxygens (including phenoxy) is 1. The standard InChI is InChI=1S/C21H39NO4Si/c1-19(2,3)26-18(23)22-15-13-21(24,14-16-22)12-10-9-11-17-25-27(7,8)20(4,5)6/h24H,9,11,13-17H2,1-8H3. The van der Waals surface area contributed by atoms with Crippen molar-refractivity contribution in [1.29, 1.82) is 0 Å². The molecule has 1 aliphatic rings. The van der Waals surface area contributed by atoms with Crippen molar-refractivity contribution in [1.82, 2.24) is 4.90 Å². The van der Waals surface area contributed by atoms with E-state index in [-0.39, 0.29) is 11.1 Å². The number of piperidine rings is 1. The highest BCUT2D eigenvalue weighted by atomic mass is 28.4. The van der Waals surface area contributed by atoms with E-state index in [2.05, 4.69) is 45.7 Å². The summed E-state index contributed by atoms with van der Waals surface area (Å²) in [5, 5.41) is 10.8. The normalized spacial score (nSPS) is 17.9. The van der Waals surface area contributed by atoms with E-state index < -0.39 is 19.5 Å². The Morgan fingerprint density at radius 3 is 2.19 bits per heavy atom. The fourth-order valence-corrected chi connectivity index (χ4v) is 3.53. The molecule has 1 fully saturated rings. The van der Waals surface area contributed by atoms with Crippen LogP contribution in [-0.2, 0) is 9.16 Å². The lowest BCUT2D eigenvalue weighted by Crippen LogP contribution is -2.47. The van der Waals surface area contributed by atoms with Gasteiger partial charge < -0.3 is 19.2 Å². The third-order valence-corrected chi connectivity index (χ3v) is 9.82. The minimum atomic E-state index is -1.69. The summed E-state index contributed by atoms with van der Waals surface area (Å²) in [7, 11) is -1.69. The van der Waals surface area contributed by atoms with Gasteiger partial charge in [0.25, 0.3) is 0 Å². The molecule has 6 heteroatoms. The molecule has 0 spiro atoms. The van der Waals surface area contributed by atoms with Crippen LogP contribution in [0.2, 0.25) is 18.1 Å². The molecule has 1 N–H and O–H groups in total. The molecule has 0 unspecified atom stereocenters. The molecule has 5 nitrogen and oxygen atoms in total. The summed E-state index contributed by atoms with van der Waals surface area (Å²) in [6.45, 7) is 18.4. The van der Waals surface area contributed by atoms with Crippen LogP contribution in [0, 0.1) is 11.8 Å². The lowest BCUT2D eigenvalue weighted by Gasteiger charge is -2.36. The Bertz CT molecular complexity index is 555. The lowest BCUT2D eigenvalue weighted by molar-refractivity contribution is -0.00517. The van der Waals surface area contributed by atoms with Crippen LogP contribution < -0.4 is 0 Å². The number of hydrogen-bond acceptors (Lipinski definition) is 4. The van der Waals surface area contributed by atoms with Crippen molar-refractivity contribution in [2.24, 2.45) is 0 Å². The fourth-order valence-electron chi connectivity index (χ4n) is 2.44. The van der Waals surface area contributed by atoms with Crippen LogP contribution in [0.25, 0.3) is 0 Å². The summed E-state index contributed by atoms with van der Waals surface area (Å²) in [6, 6.07) is 0. The van der Waals surface area contributed by atoms with Gasteiger partial charge in [0.05, 0.1) is 0 Å². The largest absolute Gasteiger partial charge is 0.444 e. The Balaban J connectivity index is 2.37. The average Bonchev–Trinajstić information content (AvgIpc) is 2.48. The van der Waals surface area contributed by atoms with E-state index in [4.69, 9.17) is 9.16 Å². The minimum absolute atomic E-state index is 0.218. The second-order valence-corrected chi connectivity index (χ2v) is 14.8. The molecule has 1 rings (SSSR count). The van der Waals surface area contributed by atoms with Gasteiger partial charge in [-0.05, 0) is 45.3 Å². The summed E-state index contributed by atoms with van der Waals surface area (Å²) >= 11 is 0. The predicted molar refractivity (Wildman–Crippen MR) is 112 cm³/mol. The van der Waals surface area contributed by atoms with Gasteiger partial charge in [0.15, 0.2) is 8.32 Å². The maximum absolute atomic E-state index is 12.1. The number of unbranched alkanes of at least 4 members (excludes halogenated alkanes) is 1. The number of carbonyl (C=O) groups excluding carboxylic acids is 1. The van der Waals surface area contributed by atoms with E-state index >= 15 is 0 Å². The van der Waals surface area contributed by atoms with Gasteiger partial charge in [0.1, 0.15) is 11.2 Å². The molecule has 0 aromatic carbocycles. The van der Waals surface area contributed by atoms with Gasteiger partial charge in [-0.1, -0.05) is 26.7 Å². The van der Waals surface area contributed by atoms with Crippen molar-refractivity contribution >= 4 is 14.4 Å². The molecular weight excluding hydrogens is 358 g/mol. The minimum Gasteiger partial charge on any atom is -0.444 e. The average molecular weight is 398 g/mol. The van der Waals surface area contributed by atoms with Crippen LogP contribution in [0.3, 0.4) is 0 Å². The monoisotopic (exact) mass is 397 g/mol. The first-order valence-electron chi connectivity index (χ1n) is 10.00. The summed E-state index contributed by atoms with van der Waals surface area (Å²) in [4.78, 5) is 13.7. The number of rotatable bonds is 4. The molecule has 1 amide bonds. The molecule has 1 aliphatic heterocycles. The molecule has 0 bridgehead atoms. The van der Waals surface area contributed by atoms with E-state index in [1.54, 1.807) is 4.90 Å². The van der Waals surface area contributed by atoms with Gasteiger partial charge in [0, 0.05) is 39.0 Å². The molecule has 0 aliphatic carbocycles. The van der Waals surface area contributed by atoms with Gasteiger partial charge in [-0.3, -0.25) is 0 Å². The van der Waals surface area contributed by atoms with Crippen molar-refractivity contribution < 1.29 is 19.1 Å². The molecule has 0 aromatic rings. The number of aliphatic hydroxyl groups is 1. The van der Waals surface area contributed by atoms with Crippen molar-refractivity contribution in [3.05, 3.63) is 0 Å². The fraction of sp³-hybridized carbons (Fsp3) is 0.857. The van der Waals surface area contributed by atoms with Crippen molar-refractivity contribution in [2.45, 2.75) is 96.6 Å². The molecule has 0 atom stereocenters. The van der Waals surface area contributed by atoms with E-state index in [1.807, 2.05) is 20.8 Å². The Labute approximate surface area is 166 Å². The first-order chi connectivity index (χ1) is 12.2. The molecule has 1 heterocycles. The molecule has 0 saturated carbocycles. The number of amides is 1. The lowest BCUT2D eigenvalue weighted by atomic mass is 9.92. The zero-order valence-corrected chi connectivity index (χ0v) is 19.6. The Morgan fingerprint density at radius 2 is 1.70 bits per heavy atom. The van der Waals surface area contributed by atoms with Gasteiger partial charge in [-0.2, -0.15) is 0 Å². The van der Waals surface area contributed by atoms with Crippen LogP contribution in [0.4, 0.5) is 4.79 Å². The van der Waals surface area contributed by atoms with Crippen LogP contribution in [0.15, 0.2) is 0 Å². The SMILES string of the molecule is CC(C)(C)OC(=O)N1CCC(O)(C#CCCCO[Si](C)(C)C(C)(C)C)CC1. The van der Waals surface area contributed by atoms with Crippen molar-refractivity contribution in [3.8, 4) is 11.8 Å². The summed E-state index contributed by atoms with van der Waals surface area (Å²) in [5.41, 5.74) is -1.50. The highest BCUT2D eigenvalue weighted by Gasteiger charge is 2.37.